The zero-order valence-corrected chi connectivity index (χ0v) is 23.5. The smallest absolute Gasteiger partial charge is 0.186 e. The molecule has 2 aromatic carbocycles. The summed E-state index contributed by atoms with van der Waals surface area (Å²) < 4.78 is 18.8. The second kappa shape index (κ2) is 10.9. The van der Waals surface area contributed by atoms with Crippen molar-refractivity contribution >= 4 is 38.3 Å². The van der Waals surface area contributed by atoms with Crippen LogP contribution < -0.4 is 19.5 Å². The van der Waals surface area contributed by atoms with Crippen molar-refractivity contribution in [3.63, 3.8) is 0 Å². The van der Waals surface area contributed by atoms with Crippen molar-refractivity contribution in [3.05, 3.63) is 47.0 Å². The Labute approximate surface area is 214 Å². The van der Waals surface area contributed by atoms with Gasteiger partial charge in [-0.3, -0.25) is 4.79 Å². The molecule has 6 heteroatoms. The molecule has 1 unspecified atom stereocenters. The minimum absolute atomic E-state index is 0. The van der Waals surface area contributed by atoms with Crippen LogP contribution in [0.25, 0.3) is 0 Å². The van der Waals surface area contributed by atoms with Crippen LogP contribution >= 0.6 is 8.58 Å². The third-order valence-electron chi connectivity index (χ3n) is 4.24. The molecular formula is C27H39LiO4P. The van der Waals surface area contributed by atoms with E-state index in [0.29, 0.717) is 17.2 Å². The van der Waals surface area contributed by atoms with E-state index >= 15 is 0 Å². The molecular weight excluding hydrogens is 426 g/mol. The third-order valence-corrected chi connectivity index (χ3v) is 5.46. The fourth-order valence-electron chi connectivity index (χ4n) is 3.27. The topological polar surface area (TPSA) is 44.8 Å². The van der Waals surface area contributed by atoms with Gasteiger partial charge in [-0.1, -0.05) is 18.2 Å². The van der Waals surface area contributed by atoms with Crippen LogP contribution in [0, 0.1) is 13.8 Å². The fourth-order valence-corrected chi connectivity index (χ4v) is 4.51. The van der Waals surface area contributed by atoms with Crippen LogP contribution in [0.3, 0.4) is 0 Å². The average molecular weight is 466 g/mol. The zero-order chi connectivity index (χ0) is 24.5. The summed E-state index contributed by atoms with van der Waals surface area (Å²) in [5.41, 5.74) is 1.53. The van der Waals surface area contributed by atoms with Gasteiger partial charge in [-0.15, -0.1) is 0 Å². The molecule has 0 saturated heterocycles. The van der Waals surface area contributed by atoms with Gasteiger partial charge < -0.3 is 14.2 Å². The van der Waals surface area contributed by atoms with E-state index in [4.69, 9.17) is 14.2 Å². The average Bonchev–Trinajstić information content (AvgIpc) is 2.53. The standard InChI is InChI=1S/C27H39O4P.Li/c1-17-13-12-14-18(2)22(17)24(28)32-23-20(30-26(6,7)8)15-19(29-25(3,4)5)16-21(23)31-27(9,10)11;/h12-16,32H,1-11H3;. The molecule has 0 heterocycles. The van der Waals surface area contributed by atoms with E-state index in [2.05, 4.69) is 0 Å². The van der Waals surface area contributed by atoms with Gasteiger partial charge in [0.1, 0.15) is 34.1 Å². The maximum absolute atomic E-state index is 13.5. The van der Waals surface area contributed by atoms with E-state index in [1.165, 1.54) is 0 Å². The molecule has 0 aliphatic heterocycles. The minimum Gasteiger partial charge on any atom is -0.488 e. The van der Waals surface area contributed by atoms with E-state index in [1.807, 2.05) is 106 Å². The summed E-state index contributed by atoms with van der Waals surface area (Å²) in [5, 5.41) is 0.767. The van der Waals surface area contributed by atoms with Crippen LogP contribution in [-0.4, -0.2) is 41.2 Å². The second-order valence-electron chi connectivity index (χ2n) is 11.2. The first-order valence-corrected chi connectivity index (χ1v) is 12.1. The van der Waals surface area contributed by atoms with Crippen LogP contribution in [-0.2, 0) is 0 Å². The first-order valence-electron chi connectivity index (χ1n) is 11.1. The molecule has 1 radical (unpaired) electrons. The number of ether oxygens (including phenoxy) is 3. The van der Waals surface area contributed by atoms with Gasteiger partial charge in [0.05, 0.1) is 5.30 Å². The van der Waals surface area contributed by atoms with E-state index in [-0.39, 0.29) is 38.6 Å². The van der Waals surface area contributed by atoms with Crippen molar-refractivity contribution < 1.29 is 19.0 Å². The summed E-state index contributed by atoms with van der Waals surface area (Å²) in [6.07, 6.45) is 0. The Bertz CT molecular complexity index is 922. The van der Waals surface area contributed by atoms with Gasteiger partial charge in [0, 0.05) is 36.6 Å². The summed E-state index contributed by atoms with van der Waals surface area (Å²) in [4.78, 5) is 13.5. The van der Waals surface area contributed by atoms with Crippen LogP contribution in [0.5, 0.6) is 17.2 Å². The van der Waals surface area contributed by atoms with Crippen LogP contribution in [0.15, 0.2) is 30.3 Å². The van der Waals surface area contributed by atoms with Gasteiger partial charge in [-0.25, -0.2) is 0 Å². The first-order chi connectivity index (χ1) is 14.5. The van der Waals surface area contributed by atoms with Crippen LogP contribution in [0.4, 0.5) is 0 Å². The van der Waals surface area contributed by atoms with Gasteiger partial charge in [-0.2, -0.15) is 0 Å². The largest absolute Gasteiger partial charge is 0.488 e. The number of aryl methyl sites for hydroxylation is 2. The van der Waals surface area contributed by atoms with Crippen molar-refractivity contribution in [2.75, 3.05) is 0 Å². The molecule has 0 amide bonds. The number of benzene rings is 2. The van der Waals surface area contributed by atoms with Gasteiger partial charge in [0.25, 0.3) is 0 Å². The molecule has 0 fully saturated rings. The Hall–Kier alpha value is -1.46. The number of rotatable bonds is 6. The molecule has 4 nitrogen and oxygen atoms in total. The van der Waals surface area contributed by atoms with Crippen molar-refractivity contribution in [1.82, 2.24) is 0 Å². The van der Waals surface area contributed by atoms with E-state index in [0.717, 1.165) is 22.0 Å². The molecule has 0 saturated carbocycles. The van der Waals surface area contributed by atoms with Crippen molar-refractivity contribution in [2.24, 2.45) is 0 Å². The van der Waals surface area contributed by atoms with E-state index in [1.54, 1.807) is 0 Å². The number of hydrogen-bond donors (Lipinski definition) is 0. The third kappa shape index (κ3) is 9.36. The number of hydrogen-bond acceptors (Lipinski definition) is 4. The summed E-state index contributed by atoms with van der Waals surface area (Å²) in [5.74, 6) is 1.90. The Morgan fingerprint density at radius 1 is 0.727 bits per heavy atom. The van der Waals surface area contributed by atoms with E-state index < -0.39 is 11.2 Å². The van der Waals surface area contributed by atoms with Gasteiger partial charge in [0.15, 0.2) is 5.52 Å². The maximum atomic E-state index is 13.5. The van der Waals surface area contributed by atoms with E-state index in [9.17, 15) is 4.79 Å². The first kappa shape index (κ1) is 29.6. The van der Waals surface area contributed by atoms with Crippen LogP contribution in [0.1, 0.15) is 83.8 Å². The summed E-state index contributed by atoms with van der Waals surface area (Å²) in [6, 6.07) is 9.69. The summed E-state index contributed by atoms with van der Waals surface area (Å²) >= 11 is 0. The molecule has 1 atom stereocenters. The minimum atomic E-state index is -0.444. The quantitative estimate of drug-likeness (QED) is 0.356. The van der Waals surface area contributed by atoms with Crippen LogP contribution in [0.2, 0.25) is 0 Å². The van der Waals surface area contributed by atoms with Crippen molar-refractivity contribution in [2.45, 2.75) is 93.0 Å². The number of carbonyl (C=O) groups is 1. The molecule has 0 aliphatic carbocycles. The predicted molar refractivity (Wildman–Crippen MR) is 142 cm³/mol. The molecule has 177 valence electrons. The Morgan fingerprint density at radius 2 is 1.12 bits per heavy atom. The monoisotopic (exact) mass is 465 g/mol. The Balaban J connectivity index is 0.00000544. The number of carbonyl (C=O) groups excluding carboxylic acids is 1. The molecule has 0 aromatic heterocycles. The van der Waals surface area contributed by atoms with Gasteiger partial charge in [0.2, 0.25) is 0 Å². The molecule has 2 rings (SSSR count). The molecule has 0 aliphatic rings. The van der Waals surface area contributed by atoms with Crippen molar-refractivity contribution in [1.29, 1.82) is 0 Å². The SMILES string of the molecule is Cc1cccc(C)c1C(=O)Pc1c(OC(C)(C)C)cc(OC(C)(C)C)cc1OC(C)(C)C.[Li]. The summed E-state index contributed by atoms with van der Waals surface area (Å²) in [7, 11) is -0.142. The van der Waals surface area contributed by atoms with Gasteiger partial charge >= 0.3 is 0 Å². The van der Waals surface area contributed by atoms with Gasteiger partial charge in [-0.05, 0) is 95.9 Å². The molecule has 0 N–H and O–H groups in total. The fraction of sp³-hybridized carbons (Fsp3) is 0.519. The maximum Gasteiger partial charge on any atom is 0.186 e. The second-order valence-corrected chi connectivity index (χ2v) is 12.4. The molecule has 0 spiro atoms. The Morgan fingerprint density at radius 3 is 1.48 bits per heavy atom. The zero-order valence-electron chi connectivity index (χ0n) is 22.5. The summed E-state index contributed by atoms with van der Waals surface area (Å²) in [6.45, 7) is 21.9. The predicted octanol–water partition coefficient (Wildman–Crippen LogP) is 6.60. The molecule has 33 heavy (non-hydrogen) atoms. The molecule has 2 aromatic rings. The van der Waals surface area contributed by atoms with Crippen molar-refractivity contribution in [3.8, 4) is 17.2 Å². The normalized spacial score (nSPS) is 12.5. The molecule has 0 bridgehead atoms. The Kier molecular flexibility index (Phi) is 9.73.